The summed E-state index contributed by atoms with van der Waals surface area (Å²) in [4.78, 5) is 29.3. The van der Waals surface area contributed by atoms with Crippen LogP contribution in [0.3, 0.4) is 0 Å². The summed E-state index contributed by atoms with van der Waals surface area (Å²) in [6.45, 7) is 0.944. The summed E-state index contributed by atoms with van der Waals surface area (Å²) in [5, 5.41) is 15.0. The van der Waals surface area contributed by atoms with Crippen molar-refractivity contribution in [1.29, 1.82) is 0 Å². The summed E-state index contributed by atoms with van der Waals surface area (Å²) in [5.74, 6) is -0.559. The van der Waals surface area contributed by atoms with Crippen molar-refractivity contribution in [3.8, 4) is 5.75 Å². The molecule has 1 saturated heterocycles. The number of carbonyl (C=O) groups is 2. The lowest BCUT2D eigenvalue weighted by Gasteiger charge is -2.23. The SMILES string of the molecule is O=C1C(=O)N(Cc2cccs2)C(c2cccs2)/C1=C(/O)c1ccc2c(c1)CCO2. The number of aliphatic hydroxyl groups is 1. The minimum absolute atomic E-state index is 0.134. The number of thiophene rings is 2. The van der Waals surface area contributed by atoms with Crippen molar-refractivity contribution >= 4 is 40.1 Å². The molecule has 29 heavy (non-hydrogen) atoms. The molecule has 1 fully saturated rings. The number of carbonyl (C=O) groups excluding carboxylic acids is 2. The zero-order valence-corrected chi connectivity index (χ0v) is 17.0. The van der Waals surface area contributed by atoms with E-state index in [9.17, 15) is 14.7 Å². The van der Waals surface area contributed by atoms with Crippen LogP contribution in [-0.4, -0.2) is 28.3 Å². The molecule has 1 amide bonds. The van der Waals surface area contributed by atoms with Gasteiger partial charge in [-0.15, -0.1) is 22.7 Å². The highest BCUT2D eigenvalue weighted by Crippen LogP contribution is 2.42. The van der Waals surface area contributed by atoms with Gasteiger partial charge in [0.25, 0.3) is 11.7 Å². The van der Waals surface area contributed by atoms with Crippen molar-refractivity contribution in [2.75, 3.05) is 6.61 Å². The van der Waals surface area contributed by atoms with Crippen LogP contribution in [0.2, 0.25) is 0 Å². The molecule has 2 aliphatic heterocycles. The summed E-state index contributed by atoms with van der Waals surface area (Å²) in [6, 6.07) is 12.4. The lowest BCUT2D eigenvalue weighted by atomic mass is 9.98. The van der Waals surface area contributed by atoms with E-state index in [0.29, 0.717) is 18.7 Å². The number of ketones is 1. The fourth-order valence-electron chi connectivity index (χ4n) is 3.85. The van der Waals surface area contributed by atoms with Gasteiger partial charge in [0.15, 0.2) is 0 Å². The first kappa shape index (κ1) is 18.1. The van der Waals surface area contributed by atoms with Crippen LogP contribution >= 0.6 is 22.7 Å². The van der Waals surface area contributed by atoms with Crippen LogP contribution < -0.4 is 4.74 Å². The third kappa shape index (κ3) is 3.07. The summed E-state index contributed by atoms with van der Waals surface area (Å²) in [7, 11) is 0. The maximum absolute atomic E-state index is 13.0. The fourth-order valence-corrected chi connectivity index (χ4v) is 5.39. The summed E-state index contributed by atoms with van der Waals surface area (Å²) in [6.07, 6.45) is 0.761. The highest BCUT2D eigenvalue weighted by molar-refractivity contribution is 7.10. The number of likely N-dealkylation sites (tertiary alicyclic amines) is 1. The van der Waals surface area contributed by atoms with Gasteiger partial charge in [0.05, 0.1) is 18.7 Å². The van der Waals surface area contributed by atoms with Gasteiger partial charge in [-0.1, -0.05) is 12.1 Å². The van der Waals surface area contributed by atoms with Gasteiger partial charge >= 0.3 is 0 Å². The molecule has 5 nitrogen and oxygen atoms in total. The number of amides is 1. The predicted molar refractivity (Wildman–Crippen MR) is 112 cm³/mol. The van der Waals surface area contributed by atoms with E-state index in [4.69, 9.17) is 4.74 Å². The molecule has 0 radical (unpaired) electrons. The van der Waals surface area contributed by atoms with Crippen LogP contribution in [0.5, 0.6) is 5.75 Å². The van der Waals surface area contributed by atoms with Gasteiger partial charge < -0.3 is 14.7 Å². The quantitative estimate of drug-likeness (QED) is 0.385. The molecule has 0 aliphatic carbocycles. The monoisotopic (exact) mass is 423 g/mol. The molecule has 3 aromatic rings. The molecule has 1 atom stereocenters. The first-order chi connectivity index (χ1) is 14.1. The average Bonchev–Trinajstić information content (AvgIpc) is 3.51. The molecule has 5 rings (SSSR count). The Morgan fingerprint density at radius 3 is 2.72 bits per heavy atom. The number of hydrogen-bond donors (Lipinski definition) is 1. The molecule has 2 aliphatic rings. The van der Waals surface area contributed by atoms with E-state index in [-0.39, 0.29) is 11.3 Å². The second-order valence-corrected chi connectivity index (χ2v) is 8.95. The molecule has 0 saturated carbocycles. The van der Waals surface area contributed by atoms with E-state index in [1.807, 2.05) is 41.1 Å². The van der Waals surface area contributed by atoms with E-state index in [0.717, 1.165) is 27.5 Å². The van der Waals surface area contributed by atoms with Crippen LogP contribution in [0.25, 0.3) is 5.76 Å². The van der Waals surface area contributed by atoms with Crippen LogP contribution in [-0.2, 0) is 22.6 Å². The molecular weight excluding hydrogens is 406 g/mol. The summed E-state index contributed by atoms with van der Waals surface area (Å²) in [5.41, 5.74) is 1.67. The van der Waals surface area contributed by atoms with Crippen molar-refractivity contribution in [3.63, 3.8) is 0 Å². The van der Waals surface area contributed by atoms with Crippen LogP contribution in [0.4, 0.5) is 0 Å². The van der Waals surface area contributed by atoms with Crippen molar-refractivity contribution in [1.82, 2.24) is 4.90 Å². The van der Waals surface area contributed by atoms with E-state index >= 15 is 0 Å². The Balaban J connectivity index is 1.62. The molecule has 0 bridgehead atoms. The predicted octanol–water partition coefficient (Wildman–Crippen LogP) is 4.37. The molecule has 1 aromatic carbocycles. The zero-order valence-electron chi connectivity index (χ0n) is 15.3. The molecule has 1 unspecified atom stereocenters. The smallest absolute Gasteiger partial charge is 0.296 e. The Morgan fingerprint density at radius 1 is 1.14 bits per heavy atom. The summed E-state index contributed by atoms with van der Waals surface area (Å²) < 4.78 is 5.53. The number of ether oxygens (including phenoxy) is 1. The van der Waals surface area contributed by atoms with Gasteiger partial charge in [0.2, 0.25) is 0 Å². The van der Waals surface area contributed by atoms with Crippen LogP contribution in [0, 0.1) is 0 Å². The standard InChI is InChI=1S/C22H17NO4S2/c24-20(14-5-6-16-13(11-14)7-8-27-16)18-19(17-4-2-10-29-17)23(22(26)21(18)25)12-15-3-1-9-28-15/h1-6,9-11,19,24H,7-8,12H2/b20-18-. The lowest BCUT2D eigenvalue weighted by molar-refractivity contribution is -0.140. The summed E-state index contributed by atoms with van der Waals surface area (Å²) >= 11 is 3.01. The number of aliphatic hydroxyl groups excluding tert-OH is 1. The van der Waals surface area contributed by atoms with Crippen molar-refractivity contribution in [3.05, 3.63) is 79.7 Å². The van der Waals surface area contributed by atoms with E-state index < -0.39 is 17.7 Å². The number of nitrogens with zero attached hydrogens (tertiary/aromatic N) is 1. The molecule has 2 aromatic heterocycles. The van der Waals surface area contributed by atoms with Gasteiger partial charge in [0, 0.05) is 21.7 Å². The van der Waals surface area contributed by atoms with Gasteiger partial charge in [-0.3, -0.25) is 9.59 Å². The van der Waals surface area contributed by atoms with Crippen molar-refractivity contribution < 1.29 is 19.4 Å². The Morgan fingerprint density at radius 2 is 1.97 bits per heavy atom. The maximum atomic E-state index is 13.0. The highest BCUT2D eigenvalue weighted by Gasteiger charge is 2.46. The van der Waals surface area contributed by atoms with E-state index in [2.05, 4.69) is 0 Å². The molecule has 7 heteroatoms. The largest absolute Gasteiger partial charge is 0.507 e. The van der Waals surface area contributed by atoms with E-state index in [1.54, 1.807) is 17.0 Å². The molecule has 4 heterocycles. The van der Waals surface area contributed by atoms with Gasteiger partial charge in [-0.2, -0.15) is 0 Å². The minimum atomic E-state index is -0.644. The molecular formula is C22H17NO4S2. The number of hydrogen-bond acceptors (Lipinski definition) is 6. The normalized spacial score (nSPS) is 20.1. The number of benzene rings is 1. The highest BCUT2D eigenvalue weighted by atomic mass is 32.1. The number of Topliss-reactive ketones (excluding diaryl/α,β-unsaturated/α-hetero) is 1. The minimum Gasteiger partial charge on any atom is -0.507 e. The molecule has 146 valence electrons. The van der Waals surface area contributed by atoms with Crippen LogP contribution in [0.15, 0.2) is 58.8 Å². The number of fused-ring (bicyclic) bond motifs is 1. The second-order valence-electron chi connectivity index (χ2n) is 6.94. The Bertz CT molecular complexity index is 1120. The second kappa shape index (κ2) is 7.17. The van der Waals surface area contributed by atoms with Crippen molar-refractivity contribution in [2.24, 2.45) is 0 Å². The third-order valence-corrected chi connectivity index (χ3v) is 7.01. The van der Waals surface area contributed by atoms with Gasteiger partial charge in [-0.05, 0) is 46.7 Å². The topological polar surface area (TPSA) is 66.8 Å². The molecule has 0 spiro atoms. The Hall–Kier alpha value is -2.90. The van der Waals surface area contributed by atoms with Gasteiger partial charge in [0.1, 0.15) is 17.6 Å². The molecule has 1 N–H and O–H groups in total. The zero-order chi connectivity index (χ0) is 20.0. The number of rotatable bonds is 4. The van der Waals surface area contributed by atoms with Gasteiger partial charge in [-0.25, -0.2) is 0 Å². The van der Waals surface area contributed by atoms with Crippen LogP contribution in [0.1, 0.15) is 26.9 Å². The fraction of sp³-hybridized carbons (Fsp3) is 0.182. The van der Waals surface area contributed by atoms with Crippen molar-refractivity contribution in [2.45, 2.75) is 19.0 Å². The van der Waals surface area contributed by atoms with E-state index in [1.165, 1.54) is 22.7 Å². The first-order valence-electron chi connectivity index (χ1n) is 9.24. The Labute approximate surface area is 175 Å². The maximum Gasteiger partial charge on any atom is 0.296 e. The average molecular weight is 424 g/mol. The third-order valence-electron chi connectivity index (χ3n) is 5.22. The first-order valence-corrected chi connectivity index (χ1v) is 11.0. The lowest BCUT2D eigenvalue weighted by Crippen LogP contribution is -2.28. The Kier molecular flexibility index (Phi) is 4.49.